The summed E-state index contributed by atoms with van der Waals surface area (Å²) in [5, 5.41) is 17.1. The fraction of sp³-hybridized carbons (Fsp3) is 0.562. The minimum absolute atomic E-state index is 0.0973. The topological polar surface area (TPSA) is 88.8 Å². The van der Waals surface area contributed by atoms with Crippen LogP contribution in [-0.2, 0) is 11.3 Å². The summed E-state index contributed by atoms with van der Waals surface area (Å²) in [7, 11) is 1.70. The largest absolute Gasteiger partial charge is 0.381 e. The Balaban J connectivity index is 1.63. The molecule has 1 aromatic rings. The zero-order valence-electron chi connectivity index (χ0n) is 13.5. The first-order valence-electron chi connectivity index (χ1n) is 7.94. The van der Waals surface area contributed by atoms with Crippen LogP contribution in [0.3, 0.4) is 0 Å². The standard InChI is InChI=1S/C16H24N4O3/c1-17-16(18-8-3-9-23-12-13-6-7-13)19-11-14-4-2-5-15(10-14)20(21)22/h2,4-5,10,13H,3,6-9,11-12H2,1H3,(H2,17,18,19). The molecule has 1 aliphatic rings. The van der Waals surface area contributed by atoms with Gasteiger partial charge in [0.15, 0.2) is 5.96 Å². The molecule has 126 valence electrons. The van der Waals surface area contributed by atoms with Crippen molar-refractivity contribution in [1.82, 2.24) is 10.6 Å². The lowest BCUT2D eigenvalue weighted by Crippen LogP contribution is -2.37. The molecule has 7 nitrogen and oxygen atoms in total. The Labute approximate surface area is 136 Å². The number of guanidine groups is 1. The van der Waals surface area contributed by atoms with Gasteiger partial charge in [0.2, 0.25) is 0 Å². The maximum absolute atomic E-state index is 10.8. The van der Waals surface area contributed by atoms with E-state index < -0.39 is 4.92 Å². The Morgan fingerprint density at radius 1 is 1.43 bits per heavy atom. The number of rotatable bonds is 9. The first-order chi connectivity index (χ1) is 11.2. The number of aliphatic imine (C=N–C) groups is 1. The highest BCUT2D eigenvalue weighted by molar-refractivity contribution is 5.79. The first-order valence-corrected chi connectivity index (χ1v) is 7.94. The molecule has 1 aliphatic carbocycles. The quantitative estimate of drug-likeness (QED) is 0.239. The van der Waals surface area contributed by atoms with E-state index in [-0.39, 0.29) is 5.69 Å². The minimum Gasteiger partial charge on any atom is -0.381 e. The normalized spacial score (nSPS) is 14.6. The number of nitrogens with zero attached hydrogens (tertiary/aromatic N) is 2. The molecule has 2 rings (SSSR count). The molecular weight excluding hydrogens is 296 g/mol. The van der Waals surface area contributed by atoms with Gasteiger partial charge in [0.1, 0.15) is 0 Å². The Morgan fingerprint density at radius 2 is 2.26 bits per heavy atom. The molecule has 0 amide bonds. The molecule has 0 bridgehead atoms. The Kier molecular flexibility index (Phi) is 6.80. The van der Waals surface area contributed by atoms with Gasteiger partial charge >= 0.3 is 0 Å². The second-order valence-corrected chi connectivity index (χ2v) is 5.65. The second-order valence-electron chi connectivity index (χ2n) is 5.65. The van der Waals surface area contributed by atoms with Crippen LogP contribution in [-0.4, -0.2) is 37.7 Å². The molecule has 0 spiro atoms. The van der Waals surface area contributed by atoms with E-state index in [9.17, 15) is 10.1 Å². The van der Waals surface area contributed by atoms with Gasteiger partial charge in [-0.15, -0.1) is 0 Å². The predicted molar refractivity (Wildman–Crippen MR) is 89.5 cm³/mol. The third-order valence-corrected chi connectivity index (χ3v) is 3.61. The number of nitro benzene ring substituents is 1. The molecule has 0 saturated heterocycles. The van der Waals surface area contributed by atoms with Crippen LogP contribution in [0.5, 0.6) is 0 Å². The van der Waals surface area contributed by atoms with Crippen LogP contribution >= 0.6 is 0 Å². The number of benzene rings is 1. The van der Waals surface area contributed by atoms with Crippen molar-refractivity contribution >= 4 is 11.6 Å². The van der Waals surface area contributed by atoms with Crippen LogP contribution in [0, 0.1) is 16.0 Å². The van der Waals surface area contributed by atoms with E-state index in [1.807, 2.05) is 6.07 Å². The fourth-order valence-electron chi connectivity index (χ4n) is 2.10. The Morgan fingerprint density at radius 3 is 2.96 bits per heavy atom. The lowest BCUT2D eigenvalue weighted by atomic mass is 10.2. The fourth-order valence-corrected chi connectivity index (χ4v) is 2.10. The van der Waals surface area contributed by atoms with Gasteiger partial charge in [0, 0.05) is 45.5 Å². The van der Waals surface area contributed by atoms with E-state index in [4.69, 9.17) is 4.74 Å². The number of non-ortho nitro benzene ring substituents is 1. The minimum atomic E-state index is -0.391. The van der Waals surface area contributed by atoms with Crippen LogP contribution in [0.25, 0.3) is 0 Å². The zero-order chi connectivity index (χ0) is 16.5. The monoisotopic (exact) mass is 320 g/mol. The summed E-state index contributed by atoms with van der Waals surface area (Å²) in [6.45, 7) is 2.91. The second kappa shape index (κ2) is 9.09. The van der Waals surface area contributed by atoms with E-state index >= 15 is 0 Å². The van der Waals surface area contributed by atoms with E-state index in [2.05, 4.69) is 15.6 Å². The number of nitrogens with one attached hydrogen (secondary N) is 2. The van der Waals surface area contributed by atoms with Gasteiger partial charge in [0.25, 0.3) is 5.69 Å². The average molecular weight is 320 g/mol. The first kappa shape index (κ1) is 17.2. The number of hydrogen-bond donors (Lipinski definition) is 2. The number of hydrogen-bond acceptors (Lipinski definition) is 4. The van der Waals surface area contributed by atoms with Crippen molar-refractivity contribution in [3.8, 4) is 0 Å². The van der Waals surface area contributed by atoms with Crippen molar-refractivity contribution in [2.75, 3.05) is 26.8 Å². The maximum Gasteiger partial charge on any atom is 0.269 e. The van der Waals surface area contributed by atoms with Gasteiger partial charge in [0.05, 0.1) is 4.92 Å². The number of nitro groups is 1. The van der Waals surface area contributed by atoms with Gasteiger partial charge in [-0.1, -0.05) is 12.1 Å². The summed E-state index contributed by atoms with van der Waals surface area (Å²) < 4.78 is 5.57. The van der Waals surface area contributed by atoms with Crippen molar-refractivity contribution in [3.63, 3.8) is 0 Å². The van der Waals surface area contributed by atoms with Crippen molar-refractivity contribution in [2.24, 2.45) is 10.9 Å². The zero-order valence-corrected chi connectivity index (χ0v) is 13.5. The van der Waals surface area contributed by atoms with Gasteiger partial charge in [-0.05, 0) is 30.7 Å². The molecule has 0 aromatic heterocycles. The lowest BCUT2D eigenvalue weighted by Gasteiger charge is -2.12. The summed E-state index contributed by atoms with van der Waals surface area (Å²) in [4.78, 5) is 14.5. The van der Waals surface area contributed by atoms with E-state index in [1.54, 1.807) is 19.2 Å². The highest BCUT2D eigenvalue weighted by atomic mass is 16.6. The van der Waals surface area contributed by atoms with Crippen molar-refractivity contribution in [3.05, 3.63) is 39.9 Å². The molecule has 2 N–H and O–H groups in total. The van der Waals surface area contributed by atoms with E-state index in [0.29, 0.717) is 12.5 Å². The van der Waals surface area contributed by atoms with Crippen LogP contribution in [0.15, 0.2) is 29.3 Å². The Bertz CT molecular complexity index is 544. The molecule has 1 saturated carbocycles. The van der Waals surface area contributed by atoms with Crippen LogP contribution < -0.4 is 10.6 Å². The molecule has 1 fully saturated rings. The third-order valence-electron chi connectivity index (χ3n) is 3.61. The van der Waals surface area contributed by atoms with E-state index in [0.717, 1.165) is 37.7 Å². The molecule has 23 heavy (non-hydrogen) atoms. The summed E-state index contributed by atoms with van der Waals surface area (Å²) in [6, 6.07) is 6.58. The third kappa shape index (κ3) is 6.65. The summed E-state index contributed by atoms with van der Waals surface area (Å²) in [5.41, 5.74) is 0.940. The van der Waals surface area contributed by atoms with Gasteiger partial charge in [-0.3, -0.25) is 15.1 Å². The van der Waals surface area contributed by atoms with Crippen LogP contribution in [0.1, 0.15) is 24.8 Å². The smallest absolute Gasteiger partial charge is 0.269 e. The highest BCUT2D eigenvalue weighted by Gasteiger charge is 2.20. The molecule has 0 heterocycles. The average Bonchev–Trinajstić information content (AvgIpc) is 3.38. The van der Waals surface area contributed by atoms with Gasteiger partial charge < -0.3 is 15.4 Å². The maximum atomic E-state index is 10.8. The lowest BCUT2D eigenvalue weighted by molar-refractivity contribution is -0.384. The predicted octanol–water partition coefficient (Wildman–Crippen LogP) is 2.08. The highest BCUT2D eigenvalue weighted by Crippen LogP contribution is 2.28. The van der Waals surface area contributed by atoms with Gasteiger partial charge in [-0.25, -0.2) is 0 Å². The molecule has 0 unspecified atom stereocenters. The van der Waals surface area contributed by atoms with Crippen LogP contribution in [0.4, 0.5) is 5.69 Å². The van der Waals surface area contributed by atoms with Gasteiger partial charge in [-0.2, -0.15) is 0 Å². The SMILES string of the molecule is CN=C(NCCCOCC1CC1)NCc1cccc([N+](=O)[O-])c1. The Hall–Kier alpha value is -2.15. The van der Waals surface area contributed by atoms with Crippen molar-refractivity contribution in [1.29, 1.82) is 0 Å². The molecule has 7 heteroatoms. The molecule has 0 radical (unpaired) electrons. The number of ether oxygens (including phenoxy) is 1. The summed E-state index contributed by atoms with van der Waals surface area (Å²) >= 11 is 0. The molecule has 1 aromatic carbocycles. The van der Waals surface area contributed by atoms with Crippen molar-refractivity contribution < 1.29 is 9.66 Å². The molecule has 0 aliphatic heterocycles. The summed E-state index contributed by atoms with van der Waals surface area (Å²) in [5.74, 6) is 1.48. The molecule has 0 atom stereocenters. The molecular formula is C16H24N4O3. The van der Waals surface area contributed by atoms with Crippen LogP contribution in [0.2, 0.25) is 0 Å². The van der Waals surface area contributed by atoms with Crippen molar-refractivity contribution in [2.45, 2.75) is 25.8 Å². The summed E-state index contributed by atoms with van der Waals surface area (Å²) in [6.07, 6.45) is 3.54. The van der Waals surface area contributed by atoms with E-state index in [1.165, 1.54) is 18.9 Å².